The van der Waals surface area contributed by atoms with Gasteiger partial charge in [0.15, 0.2) is 5.82 Å². The Hall–Kier alpha value is -3.59. The van der Waals surface area contributed by atoms with Crippen LogP contribution in [0.15, 0.2) is 41.9 Å². The fraction of sp³-hybridized carbons (Fsp3) is 0.320. The minimum absolute atomic E-state index is 0.449. The van der Waals surface area contributed by atoms with E-state index in [4.69, 9.17) is 9.79 Å². The van der Waals surface area contributed by atoms with Crippen LogP contribution >= 0.6 is 11.3 Å². The Morgan fingerprint density at radius 2 is 2.03 bits per heavy atom. The first-order chi connectivity index (χ1) is 16.3. The average molecular weight is 480 g/mol. The van der Waals surface area contributed by atoms with E-state index in [9.17, 15) is 9.90 Å². The highest BCUT2D eigenvalue weighted by atomic mass is 32.1. The van der Waals surface area contributed by atoms with Gasteiger partial charge in [-0.1, -0.05) is 25.6 Å². The van der Waals surface area contributed by atoms with Crippen LogP contribution in [0.3, 0.4) is 0 Å². The molecule has 34 heavy (non-hydrogen) atoms. The zero-order valence-corrected chi connectivity index (χ0v) is 20.8. The number of anilines is 1. The lowest BCUT2D eigenvalue weighted by Gasteiger charge is -2.19. The Bertz CT molecular complexity index is 1250. The monoisotopic (exact) mass is 479 g/mol. The number of nitrogens with zero attached hydrogens (tertiary/aromatic N) is 4. The molecule has 4 rings (SSSR count). The number of carbonyl (C=O) groups is 2. The Balaban J connectivity index is 0.000000751. The number of carboxylic acids is 1. The van der Waals surface area contributed by atoms with E-state index in [0.717, 1.165) is 38.9 Å². The van der Waals surface area contributed by atoms with Gasteiger partial charge in [0, 0.05) is 28.7 Å². The Kier molecular flexibility index (Phi) is 7.78. The molecular formula is C25H29N5O3S. The first kappa shape index (κ1) is 25.0. The number of aliphatic carboxylic acids is 1. The lowest BCUT2D eigenvalue weighted by atomic mass is 9.95. The minimum Gasteiger partial charge on any atom is -0.481 e. The summed E-state index contributed by atoms with van der Waals surface area (Å²) in [5.41, 5.74) is 4.90. The van der Waals surface area contributed by atoms with Crippen LogP contribution in [0.5, 0.6) is 0 Å². The zero-order chi connectivity index (χ0) is 25.0. The summed E-state index contributed by atoms with van der Waals surface area (Å²) in [6, 6.07) is 7.43. The molecule has 1 aromatic carbocycles. The standard InChI is InChI=1S/C22H25N5O2S.C3H4O/c1-6-16(22(28)29)19-20-26-25-13(4)27(20)21-17(11(2)12(3)30-21)18(24-19)14-8-7-9-15(10-14)23-5;1-2-3-4/h7-10,16,19,23H,6H2,1-5H3,(H,28,29);2-3H,1H2. The Labute approximate surface area is 203 Å². The number of aryl methyl sites for hydroxylation is 2. The number of nitrogens with one attached hydrogen (secondary N) is 1. The van der Waals surface area contributed by atoms with Gasteiger partial charge in [-0.3, -0.25) is 19.1 Å². The number of fused-ring (bicyclic) bond motifs is 3. The van der Waals surface area contributed by atoms with E-state index in [0.29, 0.717) is 18.5 Å². The highest BCUT2D eigenvalue weighted by Crippen LogP contribution is 2.41. The molecule has 8 nitrogen and oxygen atoms in total. The molecular weight excluding hydrogens is 450 g/mol. The Morgan fingerprint density at radius 1 is 1.32 bits per heavy atom. The molecule has 2 N–H and O–H groups in total. The molecule has 9 heteroatoms. The van der Waals surface area contributed by atoms with Crippen LogP contribution in [0.4, 0.5) is 5.69 Å². The van der Waals surface area contributed by atoms with Gasteiger partial charge >= 0.3 is 5.97 Å². The van der Waals surface area contributed by atoms with Crippen molar-refractivity contribution in [1.82, 2.24) is 14.8 Å². The van der Waals surface area contributed by atoms with E-state index in [1.165, 1.54) is 11.0 Å². The number of thiophene rings is 1. The molecule has 2 atom stereocenters. The molecule has 3 aromatic rings. The number of allylic oxidation sites excluding steroid dienone is 1. The van der Waals surface area contributed by atoms with Crippen LogP contribution in [-0.4, -0.2) is 44.9 Å². The van der Waals surface area contributed by atoms with Gasteiger partial charge in [0.2, 0.25) is 0 Å². The largest absolute Gasteiger partial charge is 0.481 e. The molecule has 178 valence electrons. The van der Waals surface area contributed by atoms with Crippen molar-refractivity contribution in [2.45, 2.75) is 40.2 Å². The van der Waals surface area contributed by atoms with Gasteiger partial charge in [-0.05, 0) is 51.0 Å². The van der Waals surface area contributed by atoms with Crippen molar-refractivity contribution in [3.8, 4) is 5.00 Å². The number of aromatic nitrogens is 3. The van der Waals surface area contributed by atoms with Crippen molar-refractivity contribution in [2.24, 2.45) is 10.9 Å². The lowest BCUT2D eigenvalue weighted by molar-refractivity contribution is -0.142. The molecule has 0 saturated heterocycles. The molecule has 2 unspecified atom stereocenters. The second-order valence-electron chi connectivity index (χ2n) is 7.88. The van der Waals surface area contributed by atoms with Gasteiger partial charge in [-0.15, -0.1) is 21.5 Å². The van der Waals surface area contributed by atoms with Gasteiger partial charge in [-0.2, -0.15) is 0 Å². The molecule has 0 saturated carbocycles. The van der Waals surface area contributed by atoms with Crippen LogP contribution in [0.1, 0.15) is 52.6 Å². The quantitative estimate of drug-likeness (QED) is 0.393. The number of aliphatic imine (C=N–C) groups is 1. The molecule has 0 spiro atoms. The highest BCUT2D eigenvalue weighted by molar-refractivity contribution is 7.15. The minimum atomic E-state index is -0.875. The van der Waals surface area contributed by atoms with Gasteiger partial charge in [-0.25, -0.2) is 0 Å². The third-order valence-corrected chi connectivity index (χ3v) is 7.04. The zero-order valence-electron chi connectivity index (χ0n) is 20.0. The normalized spacial score (nSPS) is 15.0. The number of aldehydes is 1. The third kappa shape index (κ3) is 4.56. The summed E-state index contributed by atoms with van der Waals surface area (Å²) in [5, 5.41) is 22.8. The van der Waals surface area contributed by atoms with Crippen molar-refractivity contribution in [1.29, 1.82) is 0 Å². The van der Waals surface area contributed by atoms with Crippen LogP contribution in [-0.2, 0) is 9.59 Å². The third-order valence-electron chi connectivity index (χ3n) is 5.85. The first-order valence-electron chi connectivity index (χ1n) is 11.0. The molecule has 3 heterocycles. The SMILES string of the molecule is C=CC=O.CCC(C(=O)O)C1N=C(c2cccc(NC)c2)c2c(sc(C)c2C)-n2c(C)nnc21. The predicted octanol–water partition coefficient (Wildman–Crippen LogP) is 4.67. The van der Waals surface area contributed by atoms with Crippen molar-refractivity contribution in [3.05, 3.63) is 70.1 Å². The van der Waals surface area contributed by atoms with Crippen LogP contribution in [0.2, 0.25) is 0 Å². The number of carbonyl (C=O) groups excluding carboxylic acids is 1. The van der Waals surface area contributed by atoms with Crippen LogP contribution < -0.4 is 5.32 Å². The van der Waals surface area contributed by atoms with E-state index in [-0.39, 0.29) is 0 Å². The molecule has 1 aliphatic rings. The van der Waals surface area contributed by atoms with Gasteiger partial charge in [0.05, 0.1) is 11.6 Å². The number of carboxylic acid groups (broad SMARTS) is 1. The van der Waals surface area contributed by atoms with Crippen LogP contribution in [0, 0.1) is 26.7 Å². The van der Waals surface area contributed by atoms with E-state index in [1.807, 2.05) is 49.7 Å². The second-order valence-corrected chi connectivity index (χ2v) is 9.09. The summed E-state index contributed by atoms with van der Waals surface area (Å²) >= 11 is 1.67. The summed E-state index contributed by atoms with van der Waals surface area (Å²) < 4.78 is 1.99. The maximum atomic E-state index is 12.1. The summed E-state index contributed by atoms with van der Waals surface area (Å²) in [4.78, 5) is 27.4. The molecule has 2 aromatic heterocycles. The van der Waals surface area contributed by atoms with Crippen molar-refractivity contribution >= 4 is 35.0 Å². The van der Waals surface area contributed by atoms with E-state index in [1.54, 1.807) is 11.3 Å². The fourth-order valence-electron chi connectivity index (χ4n) is 3.97. The van der Waals surface area contributed by atoms with Crippen molar-refractivity contribution < 1.29 is 14.7 Å². The van der Waals surface area contributed by atoms with E-state index >= 15 is 0 Å². The number of benzene rings is 1. The van der Waals surface area contributed by atoms with E-state index < -0.39 is 17.9 Å². The number of hydrogen-bond donors (Lipinski definition) is 2. The molecule has 0 fully saturated rings. The second kappa shape index (κ2) is 10.6. The first-order valence-corrected chi connectivity index (χ1v) is 11.8. The van der Waals surface area contributed by atoms with Crippen molar-refractivity contribution in [2.75, 3.05) is 12.4 Å². The summed E-state index contributed by atoms with van der Waals surface area (Å²) in [5.74, 6) is -0.243. The topological polar surface area (TPSA) is 109 Å². The van der Waals surface area contributed by atoms with Gasteiger partial charge < -0.3 is 10.4 Å². The van der Waals surface area contributed by atoms with E-state index in [2.05, 4.69) is 35.9 Å². The summed E-state index contributed by atoms with van der Waals surface area (Å²) in [6.07, 6.45) is 2.28. The summed E-state index contributed by atoms with van der Waals surface area (Å²) in [6.45, 7) is 11.1. The van der Waals surface area contributed by atoms with Gasteiger partial charge in [0.25, 0.3) is 0 Å². The summed E-state index contributed by atoms with van der Waals surface area (Å²) in [7, 11) is 1.88. The predicted molar refractivity (Wildman–Crippen MR) is 135 cm³/mol. The molecule has 0 radical (unpaired) electrons. The fourth-order valence-corrected chi connectivity index (χ4v) is 5.19. The highest BCUT2D eigenvalue weighted by Gasteiger charge is 2.37. The van der Waals surface area contributed by atoms with Crippen LogP contribution in [0.25, 0.3) is 5.00 Å². The molecule has 0 aliphatic carbocycles. The molecule has 0 amide bonds. The van der Waals surface area contributed by atoms with Gasteiger partial charge in [0.1, 0.15) is 23.2 Å². The number of hydrogen-bond acceptors (Lipinski definition) is 7. The number of rotatable bonds is 6. The smallest absolute Gasteiger partial charge is 0.309 e. The maximum Gasteiger partial charge on any atom is 0.309 e. The molecule has 0 bridgehead atoms. The van der Waals surface area contributed by atoms with Crippen molar-refractivity contribution in [3.63, 3.8) is 0 Å². The maximum absolute atomic E-state index is 12.1. The molecule has 1 aliphatic heterocycles. The lowest BCUT2D eigenvalue weighted by Crippen LogP contribution is -2.23. The Morgan fingerprint density at radius 3 is 2.62 bits per heavy atom. The average Bonchev–Trinajstić information content (AvgIpc) is 3.30.